The van der Waals surface area contributed by atoms with Crippen molar-refractivity contribution in [2.75, 3.05) is 13.7 Å². The van der Waals surface area contributed by atoms with Crippen LogP contribution in [0.25, 0.3) is 16.5 Å². The fraction of sp³-hybridized carbons (Fsp3) is 0.622. The van der Waals surface area contributed by atoms with Crippen molar-refractivity contribution >= 4 is 38.8 Å². The first-order chi connectivity index (χ1) is 24.6. The standard InChI is InChI=1S/C12H20N3O2.C12H19NO4S.C10H9NO2.C3H8O.Y/c13-10(8-4-1-2-5-8)12(17)15-7-3-6-9(15)11(14)16;1-3-5-12(6-7-12)17-18(15,16)13-11(14)10-8-9(10)4-2;1-13-8-2-3-9-7(6-8)4-5-11-10(9)12;1-3(2)4;/h8-10,13H,1-7H2,(H2,14,16);4,9-10H,2-3,5-8H2,1H3,(H,13,14);2-6H,1H3,(H,11,12);3-4H,1-2H3;/q-1;;;;/t9-,10-;9-,10?;;;/m01.../s1. The van der Waals surface area contributed by atoms with E-state index in [-0.39, 0.29) is 68.0 Å². The molecule has 6 N–H and O–H groups in total. The van der Waals surface area contributed by atoms with Gasteiger partial charge in [-0.25, -0.2) is 8.91 Å². The van der Waals surface area contributed by atoms with Crippen molar-refractivity contribution in [2.24, 2.45) is 23.5 Å². The second-order valence-corrected chi connectivity index (χ2v) is 15.4. The minimum atomic E-state index is -3.97. The summed E-state index contributed by atoms with van der Waals surface area (Å²) in [5.74, 6) is -0.331. The van der Waals surface area contributed by atoms with Gasteiger partial charge < -0.3 is 31.2 Å². The van der Waals surface area contributed by atoms with Gasteiger partial charge in [-0.1, -0.05) is 51.1 Å². The number of rotatable bonds is 11. The number of nitrogens with zero attached hydrogens (tertiary/aromatic N) is 1. The molecule has 293 valence electrons. The molecule has 2 heterocycles. The van der Waals surface area contributed by atoms with Gasteiger partial charge in [-0.2, -0.15) is 8.42 Å². The Morgan fingerprint density at radius 1 is 1.17 bits per heavy atom. The molecule has 6 rings (SSSR count). The predicted molar refractivity (Wildman–Crippen MR) is 199 cm³/mol. The van der Waals surface area contributed by atoms with Crippen molar-refractivity contribution in [3.63, 3.8) is 0 Å². The van der Waals surface area contributed by atoms with Crippen LogP contribution < -0.4 is 20.8 Å². The van der Waals surface area contributed by atoms with Crippen molar-refractivity contribution in [3.05, 3.63) is 59.2 Å². The van der Waals surface area contributed by atoms with E-state index in [1.807, 2.05) is 23.8 Å². The average molecular weight is 836 g/mol. The number of hydrogen-bond donors (Lipinski definition) is 4. The SMILES string of the molecule is C=C[C@@H]1CC1C(=O)NS(=O)(=O)OC1(CCC)CC1.CC(C)O.COc1ccc2c(=O)[nH]ccc2c1.[NH-][C@H](C(=O)N1CCC[C@H]1C(N)=O)C1CCCC1.[Y]. The van der Waals surface area contributed by atoms with Crippen LogP contribution >= 0.6 is 0 Å². The first-order valence-corrected chi connectivity index (χ1v) is 19.5. The molecule has 4 aliphatic rings. The fourth-order valence-corrected chi connectivity index (χ4v) is 7.65. The molecule has 3 amide bonds. The number of nitrogens with one attached hydrogen (secondary N) is 3. The number of primary amides is 1. The summed E-state index contributed by atoms with van der Waals surface area (Å²) in [5, 5.41) is 9.63. The third kappa shape index (κ3) is 14.5. The monoisotopic (exact) mass is 835 g/mol. The maximum Gasteiger partial charge on any atom is 0.362 e. The molecule has 3 aliphatic carbocycles. The van der Waals surface area contributed by atoms with E-state index in [0.29, 0.717) is 31.2 Å². The third-order valence-corrected chi connectivity index (χ3v) is 10.5. The number of aromatic nitrogens is 1. The van der Waals surface area contributed by atoms with Gasteiger partial charge in [0.2, 0.25) is 17.7 Å². The van der Waals surface area contributed by atoms with Crippen LogP contribution in [0.2, 0.25) is 0 Å². The molecular weight excluding hydrogens is 779 g/mol. The molecule has 1 saturated heterocycles. The van der Waals surface area contributed by atoms with Crippen molar-refractivity contribution < 1.29 is 69.5 Å². The molecule has 0 bridgehead atoms. The molecule has 16 heteroatoms. The predicted octanol–water partition coefficient (Wildman–Crippen LogP) is 4.51. The van der Waals surface area contributed by atoms with E-state index in [1.165, 1.54) is 4.90 Å². The van der Waals surface area contributed by atoms with E-state index < -0.39 is 39.8 Å². The van der Waals surface area contributed by atoms with Crippen LogP contribution in [0.3, 0.4) is 0 Å². The molecule has 4 fully saturated rings. The van der Waals surface area contributed by atoms with Crippen LogP contribution in [0.4, 0.5) is 0 Å². The van der Waals surface area contributed by atoms with Crippen LogP contribution in [0.5, 0.6) is 5.75 Å². The topological polar surface area (TPSA) is 222 Å². The molecule has 0 spiro atoms. The number of pyridine rings is 1. The maximum atomic E-state index is 12.2. The molecule has 4 atom stereocenters. The summed E-state index contributed by atoms with van der Waals surface area (Å²) in [5.41, 5.74) is 12.7. The van der Waals surface area contributed by atoms with E-state index >= 15 is 0 Å². The molecule has 14 nitrogen and oxygen atoms in total. The normalized spacial score (nSPS) is 21.6. The van der Waals surface area contributed by atoms with Crippen molar-refractivity contribution in [1.29, 1.82) is 0 Å². The van der Waals surface area contributed by atoms with E-state index in [2.05, 4.69) is 11.6 Å². The smallest absolute Gasteiger partial charge is 0.362 e. The van der Waals surface area contributed by atoms with E-state index in [4.69, 9.17) is 25.5 Å². The van der Waals surface area contributed by atoms with E-state index in [9.17, 15) is 27.6 Å². The number of benzene rings is 1. The Kier molecular flexibility index (Phi) is 18.8. The number of likely N-dealkylation sites (tertiary alicyclic amines) is 1. The number of H-pyrrole nitrogens is 1. The second-order valence-electron chi connectivity index (χ2n) is 14.1. The van der Waals surface area contributed by atoms with Crippen LogP contribution in [0.15, 0.2) is 47.9 Å². The Bertz CT molecular complexity index is 1690. The summed E-state index contributed by atoms with van der Waals surface area (Å²) < 4.78 is 35.6. The van der Waals surface area contributed by atoms with Gasteiger partial charge in [0.25, 0.3) is 5.56 Å². The quantitative estimate of drug-likeness (QED) is 0.234. The third-order valence-electron chi connectivity index (χ3n) is 9.49. The summed E-state index contributed by atoms with van der Waals surface area (Å²) in [6.07, 6.45) is 12.5. The Balaban J connectivity index is 0.000000262. The Morgan fingerprint density at radius 2 is 1.81 bits per heavy atom. The maximum absolute atomic E-state index is 12.2. The number of carbonyl (C=O) groups excluding carboxylic acids is 3. The fourth-order valence-electron chi connectivity index (χ4n) is 6.49. The van der Waals surface area contributed by atoms with Gasteiger partial charge in [-0.3, -0.25) is 19.2 Å². The second kappa shape index (κ2) is 21.4. The van der Waals surface area contributed by atoms with Crippen LogP contribution in [-0.4, -0.2) is 78.6 Å². The molecule has 1 aliphatic heterocycles. The number of fused-ring (bicyclic) bond motifs is 1. The number of methoxy groups -OCH3 is 1. The summed E-state index contributed by atoms with van der Waals surface area (Å²) in [7, 11) is -2.36. The van der Waals surface area contributed by atoms with Crippen LogP contribution in [-0.2, 0) is 61.6 Å². The van der Waals surface area contributed by atoms with Gasteiger partial charge in [0.1, 0.15) is 11.8 Å². The molecule has 53 heavy (non-hydrogen) atoms. The summed E-state index contributed by atoms with van der Waals surface area (Å²) in [6, 6.07) is 6.04. The zero-order valence-corrected chi connectivity index (χ0v) is 35.0. The van der Waals surface area contributed by atoms with Gasteiger partial charge in [-0.15, -0.1) is 6.58 Å². The van der Waals surface area contributed by atoms with Crippen molar-refractivity contribution in [1.82, 2.24) is 14.6 Å². The van der Waals surface area contributed by atoms with Crippen LogP contribution in [0.1, 0.15) is 91.4 Å². The minimum absolute atomic E-state index is 0. The molecule has 1 radical (unpaired) electrons. The molecular formula is C37H56N5O9SY-. The molecule has 1 aromatic heterocycles. The van der Waals surface area contributed by atoms with Gasteiger partial charge in [0.15, 0.2) is 0 Å². The minimum Gasteiger partial charge on any atom is -0.667 e. The number of amides is 3. The van der Waals surface area contributed by atoms with Crippen molar-refractivity contribution in [2.45, 2.75) is 115 Å². The first kappa shape index (κ1) is 46.5. The summed E-state index contributed by atoms with van der Waals surface area (Å²) >= 11 is 0. The van der Waals surface area contributed by atoms with Gasteiger partial charge >= 0.3 is 10.3 Å². The number of hydrogen-bond acceptors (Lipinski definition) is 9. The molecule has 1 aromatic carbocycles. The number of ether oxygens (including phenoxy) is 1. The molecule has 3 saturated carbocycles. The average Bonchev–Trinajstić information content (AvgIpc) is 3.88. The summed E-state index contributed by atoms with van der Waals surface area (Å²) in [6.45, 7) is 9.59. The Labute approximate surface area is 338 Å². The molecule has 2 aromatic rings. The van der Waals surface area contributed by atoms with Crippen molar-refractivity contribution in [3.8, 4) is 5.75 Å². The largest absolute Gasteiger partial charge is 0.667 e. The number of aliphatic hydroxyl groups excluding tert-OH is 1. The first-order valence-electron chi connectivity index (χ1n) is 18.1. The number of nitrogens with two attached hydrogens (primary N) is 1. The zero-order valence-electron chi connectivity index (χ0n) is 31.3. The Morgan fingerprint density at radius 3 is 2.34 bits per heavy atom. The number of allylic oxidation sites excluding steroid dienone is 1. The number of aromatic amines is 1. The number of aliphatic hydroxyl groups is 1. The number of carbonyl (C=O) groups is 3. The van der Waals surface area contributed by atoms with E-state index in [1.54, 1.807) is 45.4 Å². The van der Waals surface area contributed by atoms with Gasteiger partial charge in [0.05, 0.1) is 12.7 Å². The zero-order chi connectivity index (χ0) is 38.6. The van der Waals surface area contributed by atoms with E-state index in [0.717, 1.165) is 62.5 Å². The summed E-state index contributed by atoms with van der Waals surface area (Å²) in [4.78, 5) is 50.5. The van der Waals surface area contributed by atoms with Gasteiger partial charge in [0, 0.05) is 62.9 Å². The van der Waals surface area contributed by atoms with Gasteiger partial charge in [-0.05, 0) is 93.9 Å². The van der Waals surface area contributed by atoms with Crippen LogP contribution in [0, 0.1) is 17.8 Å². The Hall–Kier alpha value is -2.69. The molecule has 1 unspecified atom stereocenters.